The van der Waals surface area contributed by atoms with Gasteiger partial charge in [-0.05, 0) is 38.2 Å². The molecule has 0 radical (unpaired) electrons. The maximum absolute atomic E-state index is 12.6. The molecular weight excluding hydrogens is 344 g/mol. The number of nitrogens with zero attached hydrogens (tertiary/aromatic N) is 1. The van der Waals surface area contributed by atoms with Crippen LogP contribution in [-0.2, 0) is 10.5 Å². The second kappa shape index (κ2) is 9.26. The number of aromatic nitrogens is 1. The van der Waals surface area contributed by atoms with Gasteiger partial charge in [-0.15, -0.1) is 11.8 Å². The molecule has 1 saturated carbocycles. The summed E-state index contributed by atoms with van der Waals surface area (Å²) in [5.74, 6) is 2.72. The van der Waals surface area contributed by atoms with Crippen LogP contribution >= 0.6 is 11.8 Å². The van der Waals surface area contributed by atoms with Crippen LogP contribution in [0.4, 0.5) is 0 Å². The fraction of sp³-hybridized carbons (Fsp3) is 0.524. The smallest absolute Gasteiger partial charge is 0.230 e. The monoisotopic (exact) mass is 372 g/mol. The summed E-state index contributed by atoms with van der Waals surface area (Å²) in [7, 11) is 0. The summed E-state index contributed by atoms with van der Waals surface area (Å²) in [6.45, 7) is 3.87. The molecule has 2 aromatic rings. The van der Waals surface area contributed by atoms with E-state index in [0.29, 0.717) is 11.7 Å². The molecule has 26 heavy (non-hydrogen) atoms. The standard InChI is InChI=1S/C21H28N2O2S/c1-15-19(16(2)25-23-15)13-26-14-20(24)22-21(17-9-5-3-6-10-17)18-11-7-4-8-12-18/h3,5-6,9-10,18,21H,4,7-8,11-14H2,1-2H3,(H,22,24)/t21-/m1/s1. The van der Waals surface area contributed by atoms with E-state index in [1.54, 1.807) is 11.8 Å². The van der Waals surface area contributed by atoms with Crippen LogP contribution in [0.1, 0.15) is 60.7 Å². The van der Waals surface area contributed by atoms with Gasteiger partial charge in [0.25, 0.3) is 0 Å². The van der Waals surface area contributed by atoms with E-state index in [2.05, 4.69) is 34.7 Å². The third-order valence-electron chi connectivity index (χ3n) is 5.26. The molecule has 1 aliphatic rings. The number of carbonyl (C=O) groups excluding carboxylic acids is 1. The first-order valence-corrected chi connectivity index (χ1v) is 10.6. The van der Waals surface area contributed by atoms with Crippen molar-refractivity contribution in [3.8, 4) is 0 Å². The van der Waals surface area contributed by atoms with Crippen LogP contribution in [0, 0.1) is 19.8 Å². The number of rotatable bonds is 7. The van der Waals surface area contributed by atoms with Gasteiger partial charge in [-0.2, -0.15) is 0 Å². The highest BCUT2D eigenvalue weighted by Crippen LogP contribution is 2.34. The zero-order valence-electron chi connectivity index (χ0n) is 15.7. The molecule has 0 saturated heterocycles. The lowest BCUT2D eigenvalue weighted by Crippen LogP contribution is -2.35. The van der Waals surface area contributed by atoms with E-state index in [0.717, 1.165) is 22.8 Å². The predicted octanol–water partition coefficient (Wildman–Crippen LogP) is 4.96. The molecule has 1 aromatic carbocycles. The average molecular weight is 373 g/mol. The average Bonchev–Trinajstić information content (AvgIpc) is 2.99. The molecule has 0 unspecified atom stereocenters. The van der Waals surface area contributed by atoms with Crippen LogP contribution in [-0.4, -0.2) is 16.8 Å². The molecular formula is C21H28N2O2S. The molecule has 0 aliphatic heterocycles. The molecule has 1 fully saturated rings. The molecule has 0 spiro atoms. The minimum atomic E-state index is 0.112. The Morgan fingerprint density at radius 3 is 2.62 bits per heavy atom. The second-order valence-corrected chi connectivity index (χ2v) is 8.14. The molecule has 3 rings (SSSR count). The van der Waals surface area contributed by atoms with E-state index in [9.17, 15) is 4.79 Å². The first-order valence-electron chi connectivity index (χ1n) is 9.49. The Hall–Kier alpha value is -1.75. The Morgan fingerprint density at radius 2 is 1.96 bits per heavy atom. The Balaban J connectivity index is 1.58. The number of aryl methyl sites for hydroxylation is 2. The van der Waals surface area contributed by atoms with Crippen molar-refractivity contribution in [2.24, 2.45) is 5.92 Å². The van der Waals surface area contributed by atoms with Gasteiger partial charge < -0.3 is 9.84 Å². The largest absolute Gasteiger partial charge is 0.361 e. The van der Waals surface area contributed by atoms with E-state index in [-0.39, 0.29) is 11.9 Å². The van der Waals surface area contributed by atoms with Gasteiger partial charge in [0, 0.05) is 11.3 Å². The van der Waals surface area contributed by atoms with E-state index in [4.69, 9.17) is 4.52 Å². The van der Waals surface area contributed by atoms with Gasteiger partial charge in [0.15, 0.2) is 0 Å². The lowest BCUT2D eigenvalue weighted by atomic mass is 9.81. The Labute approximate surface area is 160 Å². The highest BCUT2D eigenvalue weighted by molar-refractivity contribution is 7.99. The molecule has 0 bridgehead atoms. The van der Waals surface area contributed by atoms with Gasteiger partial charge in [0.1, 0.15) is 5.76 Å². The molecule has 1 heterocycles. The summed E-state index contributed by atoms with van der Waals surface area (Å²) in [5.41, 5.74) is 3.25. The highest BCUT2D eigenvalue weighted by Gasteiger charge is 2.26. The molecule has 1 aliphatic carbocycles. The summed E-state index contributed by atoms with van der Waals surface area (Å²) in [4.78, 5) is 12.6. The van der Waals surface area contributed by atoms with E-state index < -0.39 is 0 Å². The van der Waals surface area contributed by atoms with E-state index in [1.807, 2.05) is 19.9 Å². The quantitative estimate of drug-likeness (QED) is 0.746. The Kier molecular flexibility index (Phi) is 6.78. The van der Waals surface area contributed by atoms with Crippen LogP contribution in [0.5, 0.6) is 0 Å². The van der Waals surface area contributed by atoms with Crippen LogP contribution in [0.15, 0.2) is 34.9 Å². The molecule has 4 nitrogen and oxygen atoms in total. The fourth-order valence-corrected chi connectivity index (χ4v) is 4.76. The van der Waals surface area contributed by atoms with E-state index >= 15 is 0 Å². The number of amides is 1. The maximum Gasteiger partial charge on any atom is 0.230 e. The van der Waals surface area contributed by atoms with Crippen LogP contribution < -0.4 is 5.32 Å². The van der Waals surface area contributed by atoms with Crippen molar-refractivity contribution in [2.75, 3.05) is 5.75 Å². The van der Waals surface area contributed by atoms with Gasteiger partial charge in [0.05, 0.1) is 17.5 Å². The zero-order chi connectivity index (χ0) is 18.4. The van der Waals surface area contributed by atoms with Crippen LogP contribution in [0.25, 0.3) is 0 Å². The van der Waals surface area contributed by atoms with Gasteiger partial charge in [-0.25, -0.2) is 0 Å². The number of nitrogens with one attached hydrogen (secondary N) is 1. The lowest BCUT2D eigenvalue weighted by molar-refractivity contribution is -0.119. The molecule has 1 atom stereocenters. The summed E-state index contributed by atoms with van der Waals surface area (Å²) in [6, 6.07) is 10.5. The van der Waals surface area contributed by atoms with Crippen molar-refractivity contribution >= 4 is 17.7 Å². The summed E-state index contributed by atoms with van der Waals surface area (Å²) in [5, 5.41) is 7.29. The first-order chi connectivity index (χ1) is 12.6. The molecule has 140 valence electrons. The summed E-state index contributed by atoms with van der Waals surface area (Å²) in [6.07, 6.45) is 6.26. The van der Waals surface area contributed by atoms with Gasteiger partial charge >= 0.3 is 0 Å². The van der Waals surface area contributed by atoms with Crippen LogP contribution in [0.2, 0.25) is 0 Å². The van der Waals surface area contributed by atoms with Crippen molar-refractivity contribution in [3.63, 3.8) is 0 Å². The predicted molar refractivity (Wildman–Crippen MR) is 106 cm³/mol. The van der Waals surface area contributed by atoms with Gasteiger partial charge in [0.2, 0.25) is 5.91 Å². The SMILES string of the molecule is Cc1noc(C)c1CSCC(=O)N[C@H](c1ccccc1)C1CCCCC1. The molecule has 5 heteroatoms. The Bertz CT molecular complexity index is 689. The van der Waals surface area contributed by atoms with Crippen molar-refractivity contribution in [3.05, 3.63) is 52.9 Å². The van der Waals surface area contributed by atoms with Crippen LogP contribution in [0.3, 0.4) is 0 Å². The third-order valence-corrected chi connectivity index (χ3v) is 6.22. The molecule has 1 amide bonds. The molecule has 1 N–H and O–H groups in total. The van der Waals surface area contributed by atoms with E-state index in [1.165, 1.54) is 37.7 Å². The molecule has 1 aromatic heterocycles. The topological polar surface area (TPSA) is 55.1 Å². The number of benzene rings is 1. The third kappa shape index (κ3) is 4.91. The number of hydrogen-bond donors (Lipinski definition) is 1. The van der Waals surface area contributed by atoms with Crippen molar-refractivity contribution in [2.45, 2.75) is 57.7 Å². The minimum Gasteiger partial charge on any atom is -0.361 e. The second-order valence-electron chi connectivity index (χ2n) is 7.15. The zero-order valence-corrected chi connectivity index (χ0v) is 16.5. The maximum atomic E-state index is 12.6. The lowest BCUT2D eigenvalue weighted by Gasteiger charge is -2.31. The summed E-state index contributed by atoms with van der Waals surface area (Å²) >= 11 is 1.62. The van der Waals surface area contributed by atoms with Crippen molar-refractivity contribution in [1.29, 1.82) is 0 Å². The minimum absolute atomic E-state index is 0.112. The van der Waals surface area contributed by atoms with Gasteiger partial charge in [-0.1, -0.05) is 54.8 Å². The highest BCUT2D eigenvalue weighted by atomic mass is 32.2. The first kappa shape index (κ1) is 19.0. The van der Waals surface area contributed by atoms with Gasteiger partial charge in [-0.3, -0.25) is 4.79 Å². The normalized spacial score (nSPS) is 16.4. The van der Waals surface area contributed by atoms with Crippen molar-refractivity contribution in [1.82, 2.24) is 10.5 Å². The summed E-state index contributed by atoms with van der Waals surface area (Å²) < 4.78 is 5.19. The number of carbonyl (C=O) groups is 1. The van der Waals surface area contributed by atoms with Crippen molar-refractivity contribution < 1.29 is 9.32 Å². The fourth-order valence-electron chi connectivity index (χ4n) is 3.77. The number of hydrogen-bond acceptors (Lipinski definition) is 4. The number of thioether (sulfide) groups is 1. The Morgan fingerprint density at radius 1 is 1.23 bits per heavy atom.